The molecule has 4 aliphatic rings. The van der Waals surface area contributed by atoms with Crippen LogP contribution in [0.5, 0.6) is 0 Å². The fraction of sp³-hybridized carbons (Fsp3) is 0.667. The topological polar surface area (TPSA) is 49.9 Å². The third-order valence-corrected chi connectivity index (χ3v) is 7.86. The molecule has 0 radical (unpaired) electrons. The number of piperidine rings is 1. The average Bonchev–Trinajstić information content (AvgIpc) is 3.17. The zero-order valence-corrected chi connectivity index (χ0v) is 17.8. The number of hydrogen-bond donors (Lipinski definition) is 0. The van der Waals surface area contributed by atoms with Crippen LogP contribution in [-0.4, -0.2) is 59.5 Å². The van der Waals surface area contributed by atoms with Crippen LogP contribution in [0.1, 0.15) is 61.7 Å². The standard InChI is InChI=1S/C24H30F2N2O3/c25-17-7-8-18(19(26)13-17)23(29)28-21-6-2-1-4-15(21)12-22(28)24(30)27-10-3-5-16-14-31-11-9-20(16)27/h7-8,13,15-16,20-22H,1-6,9-12,14H2/t15-,16?,20?,21-,22-/m0/s1. The van der Waals surface area contributed by atoms with Gasteiger partial charge in [-0.3, -0.25) is 9.59 Å². The van der Waals surface area contributed by atoms with Gasteiger partial charge in [0.2, 0.25) is 5.91 Å². The smallest absolute Gasteiger partial charge is 0.257 e. The highest BCUT2D eigenvalue weighted by atomic mass is 19.1. The fourth-order valence-corrected chi connectivity index (χ4v) is 6.40. The lowest BCUT2D eigenvalue weighted by Gasteiger charge is -2.45. The third-order valence-electron chi connectivity index (χ3n) is 7.86. The van der Waals surface area contributed by atoms with Gasteiger partial charge in [-0.05, 0) is 56.6 Å². The molecule has 5 nitrogen and oxygen atoms in total. The van der Waals surface area contributed by atoms with E-state index in [4.69, 9.17) is 4.74 Å². The van der Waals surface area contributed by atoms with Crippen molar-refractivity contribution in [3.63, 3.8) is 0 Å². The van der Waals surface area contributed by atoms with E-state index in [1.807, 2.05) is 4.90 Å². The van der Waals surface area contributed by atoms with E-state index in [0.717, 1.165) is 57.1 Å². The number of carbonyl (C=O) groups excluding carboxylic acids is 2. The van der Waals surface area contributed by atoms with Gasteiger partial charge in [-0.1, -0.05) is 12.8 Å². The van der Waals surface area contributed by atoms with Gasteiger partial charge in [-0.2, -0.15) is 0 Å². The van der Waals surface area contributed by atoms with Crippen LogP contribution in [0.3, 0.4) is 0 Å². The van der Waals surface area contributed by atoms with E-state index in [1.54, 1.807) is 4.90 Å². The van der Waals surface area contributed by atoms with Crippen molar-refractivity contribution < 1.29 is 23.1 Å². The first-order valence-corrected chi connectivity index (χ1v) is 11.7. The van der Waals surface area contributed by atoms with Gasteiger partial charge < -0.3 is 14.5 Å². The number of likely N-dealkylation sites (tertiary alicyclic amines) is 2. The molecule has 5 atom stereocenters. The van der Waals surface area contributed by atoms with Gasteiger partial charge in [0.05, 0.1) is 12.2 Å². The molecule has 0 bridgehead atoms. The van der Waals surface area contributed by atoms with Crippen LogP contribution < -0.4 is 0 Å². The molecule has 4 fully saturated rings. The molecular weight excluding hydrogens is 402 g/mol. The van der Waals surface area contributed by atoms with Crippen molar-refractivity contribution in [3.05, 3.63) is 35.4 Å². The number of halogens is 2. The third kappa shape index (κ3) is 3.75. The van der Waals surface area contributed by atoms with E-state index in [-0.39, 0.29) is 29.5 Å². The van der Waals surface area contributed by atoms with Crippen LogP contribution in [0.25, 0.3) is 0 Å². The molecule has 3 saturated heterocycles. The Morgan fingerprint density at radius 3 is 2.61 bits per heavy atom. The van der Waals surface area contributed by atoms with E-state index in [0.29, 0.717) is 32.1 Å². The number of benzene rings is 1. The number of hydrogen-bond acceptors (Lipinski definition) is 3. The minimum atomic E-state index is -0.863. The molecule has 1 aromatic carbocycles. The van der Waals surface area contributed by atoms with Gasteiger partial charge in [-0.25, -0.2) is 8.78 Å². The number of rotatable bonds is 2. The highest BCUT2D eigenvalue weighted by Gasteiger charge is 2.50. The van der Waals surface area contributed by atoms with E-state index in [1.165, 1.54) is 6.07 Å². The minimum absolute atomic E-state index is 0.00173. The van der Waals surface area contributed by atoms with Crippen molar-refractivity contribution in [2.45, 2.75) is 69.5 Å². The van der Waals surface area contributed by atoms with Gasteiger partial charge in [0.15, 0.2) is 0 Å². The SMILES string of the molecule is O=C([C@@H]1C[C@@H]2CCCC[C@@H]2N1C(=O)c1ccc(F)cc1F)N1CCCC2COCCC21. The highest BCUT2D eigenvalue weighted by molar-refractivity contribution is 5.98. The van der Waals surface area contributed by atoms with Gasteiger partial charge in [0, 0.05) is 37.2 Å². The lowest BCUT2D eigenvalue weighted by atomic mass is 9.84. The minimum Gasteiger partial charge on any atom is -0.381 e. The van der Waals surface area contributed by atoms with Crippen molar-refractivity contribution >= 4 is 11.8 Å². The molecule has 1 aliphatic carbocycles. The monoisotopic (exact) mass is 432 g/mol. The summed E-state index contributed by atoms with van der Waals surface area (Å²) in [6.45, 7) is 2.05. The zero-order chi connectivity index (χ0) is 21.5. The number of nitrogens with zero attached hydrogens (tertiary/aromatic N) is 2. The Labute approximate surface area is 181 Å². The Hall–Kier alpha value is -2.02. The van der Waals surface area contributed by atoms with E-state index in [2.05, 4.69) is 0 Å². The fourth-order valence-electron chi connectivity index (χ4n) is 6.40. The van der Waals surface area contributed by atoms with E-state index >= 15 is 0 Å². The molecule has 7 heteroatoms. The van der Waals surface area contributed by atoms with Crippen molar-refractivity contribution in [3.8, 4) is 0 Å². The summed E-state index contributed by atoms with van der Waals surface area (Å²) in [5, 5.41) is 0. The summed E-state index contributed by atoms with van der Waals surface area (Å²) in [4.78, 5) is 31.0. The molecule has 0 aromatic heterocycles. The molecule has 31 heavy (non-hydrogen) atoms. The first-order chi connectivity index (χ1) is 15.0. The van der Waals surface area contributed by atoms with Crippen LogP contribution in [0.4, 0.5) is 8.78 Å². The molecule has 2 amide bonds. The zero-order valence-electron chi connectivity index (χ0n) is 17.8. The largest absolute Gasteiger partial charge is 0.381 e. The number of amides is 2. The highest BCUT2D eigenvalue weighted by Crippen LogP contribution is 2.42. The second-order valence-electron chi connectivity index (χ2n) is 9.56. The maximum Gasteiger partial charge on any atom is 0.257 e. The van der Waals surface area contributed by atoms with Crippen molar-refractivity contribution in [1.82, 2.24) is 9.80 Å². The van der Waals surface area contributed by atoms with Crippen LogP contribution in [0.2, 0.25) is 0 Å². The quantitative estimate of drug-likeness (QED) is 0.715. The molecule has 168 valence electrons. The summed E-state index contributed by atoms with van der Waals surface area (Å²) < 4.78 is 33.5. The predicted octanol–water partition coefficient (Wildman–Crippen LogP) is 3.77. The number of carbonyl (C=O) groups is 2. The van der Waals surface area contributed by atoms with Gasteiger partial charge >= 0.3 is 0 Å². The van der Waals surface area contributed by atoms with Crippen LogP contribution in [0, 0.1) is 23.5 Å². The second-order valence-corrected chi connectivity index (χ2v) is 9.56. The maximum absolute atomic E-state index is 14.5. The van der Waals surface area contributed by atoms with Crippen LogP contribution in [0.15, 0.2) is 18.2 Å². The second kappa shape index (κ2) is 8.49. The molecule has 3 aliphatic heterocycles. The summed E-state index contributed by atoms with van der Waals surface area (Å²) in [5.41, 5.74) is -0.145. The molecule has 2 unspecified atom stereocenters. The molecular formula is C24H30F2N2O3. The molecule has 3 heterocycles. The van der Waals surface area contributed by atoms with Gasteiger partial charge in [-0.15, -0.1) is 0 Å². The Balaban J connectivity index is 1.45. The maximum atomic E-state index is 14.5. The van der Waals surface area contributed by atoms with Crippen molar-refractivity contribution in [2.75, 3.05) is 19.8 Å². The van der Waals surface area contributed by atoms with Gasteiger partial charge in [0.25, 0.3) is 5.91 Å². The summed E-state index contributed by atoms with van der Waals surface area (Å²) in [6.07, 6.45) is 7.40. The number of fused-ring (bicyclic) bond motifs is 2. The Morgan fingerprint density at radius 2 is 1.77 bits per heavy atom. The summed E-state index contributed by atoms with van der Waals surface area (Å²) in [7, 11) is 0. The lowest BCUT2D eigenvalue weighted by molar-refractivity contribution is -0.145. The Kier molecular flexibility index (Phi) is 5.71. The molecule has 0 spiro atoms. The molecule has 0 N–H and O–H groups in total. The van der Waals surface area contributed by atoms with Crippen LogP contribution in [-0.2, 0) is 9.53 Å². The van der Waals surface area contributed by atoms with E-state index < -0.39 is 23.6 Å². The molecule has 1 saturated carbocycles. The number of ether oxygens (including phenoxy) is 1. The normalized spacial score (nSPS) is 33.0. The lowest BCUT2D eigenvalue weighted by Crippen LogP contribution is -2.58. The summed E-state index contributed by atoms with van der Waals surface area (Å²) in [5.74, 6) is -1.43. The summed E-state index contributed by atoms with van der Waals surface area (Å²) in [6, 6.07) is 2.62. The average molecular weight is 433 g/mol. The van der Waals surface area contributed by atoms with Crippen molar-refractivity contribution in [2.24, 2.45) is 11.8 Å². The van der Waals surface area contributed by atoms with Gasteiger partial charge in [0.1, 0.15) is 17.7 Å². The molecule has 5 rings (SSSR count). The van der Waals surface area contributed by atoms with Crippen molar-refractivity contribution in [1.29, 1.82) is 0 Å². The molecule has 1 aromatic rings. The predicted molar refractivity (Wildman–Crippen MR) is 110 cm³/mol. The first kappa shape index (κ1) is 20.9. The van der Waals surface area contributed by atoms with E-state index in [9.17, 15) is 18.4 Å². The Morgan fingerprint density at radius 1 is 0.968 bits per heavy atom. The van der Waals surface area contributed by atoms with Crippen LogP contribution >= 0.6 is 0 Å². The first-order valence-electron chi connectivity index (χ1n) is 11.7. The summed E-state index contributed by atoms with van der Waals surface area (Å²) >= 11 is 0. The Bertz CT molecular complexity index is 861.